The molecule has 0 aliphatic rings. The predicted octanol–water partition coefficient (Wildman–Crippen LogP) is 4.84. The van der Waals surface area contributed by atoms with Crippen molar-refractivity contribution in [3.8, 4) is 28.9 Å². The van der Waals surface area contributed by atoms with Crippen LogP contribution in [0.1, 0.15) is 5.56 Å². The van der Waals surface area contributed by atoms with Gasteiger partial charge in [-0.2, -0.15) is 13.2 Å². The summed E-state index contributed by atoms with van der Waals surface area (Å²) in [7, 11) is 0. The monoisotopic (exact) mass is 383 g/mol. The summed E-state index contributed by atoms with van der Waals surface area (Å²) >= 11 is 0. The molecule has 0 saturated heterocycles. The highest BCUT2D eigenvalue weighted by molar-refractivity contribution is 5.33. The lowest BCUT2D eigenvalue weighted by Crippen LogP contribution is -2.06. The molecular weight excluding hydrogens is 370 g/mol. The lowest BCUT2D eigenvalue weighted by atomic mass is 10.2. The van der Waals surface area contributed by atoms with Gasteiger partial charge in [-0.3, -0.25) is 0 Å². The van der Waals surface area contributed by atoms with Crippen LogP contribution in [-0.4, -0.2) is 20.3 Å². The van der Waals surface area contributed by atoms with Crippen molar-refractivity contribution in [1.82, 2.24) is 4.98 Å². The second-order valence-electron chi connectivity index (χ2n) is 5.12. The average molecular weight is 383 g/mol. The molecule has 5 nitrogen and oxygen atoms in total. The fraction of sp³-hybridized carbons (Fsp3) is 0.0556. The Morgan fingerprint density at radius 2 is 1.22 bits per heavy atom. The van der Waals surface area contributed by atoms with E-state index < -0.39 is 23.4 Å². The highest BCUT2D eigenvalue weighted by Gasteiger charge is 2.32. The molecule has 9 heteroatoms. The number of hydrogen-bond acceptors (Lipinski definition) is 5. The standard InChI is InChI=1S/C12H7F4NO2.C6H6O2/c13-10-5-7(12(14,15)16)6-17-11(10)19-9-3-1-8(18)2-4-9;7-5-1-2-6(8)4-3-5/h1-6,18H;1-4,7-8H. The van der Waals surface area contributed by atoms with Gasteiger partial charge in [0.1, 0.15) is 23.0 Å². The molecule has 0 bridgehead atoms. The largest absolute Gasteiger partial charge is 0.508 e. The number of alkyl halides is 3. The Kier molecular flexibility index (Phi) is 6.07. The summed E-state index contributed by atoms with van der Waals surface area (Å²) in [6, 6.07) is 11.2. The molecular formula is C18H13F4NO4. The zero-order valence-corrected chi connectivity index (χ0v) is 13.5. The number of nitrogens with zero attached hydrogens (tertiary/aromatic N) is 1. The van der Waals surface area contributed by atoms with Crippen molar-refractivity contribution in [2.24, 2.45) is 0 Å². The highest BCUT2D eigenvalue weighted by atomic mass is 19.4. The number of aromatic nitrogens is 1. The van der Waals surface area contributed by atoms with Crippen LogP contribution in [0.5, 0.6) is 28.9 Å². The Morgan fingerprint density at radius 3 is 1.63 bits per heavy atom. The van der Waals surface area contributed by atoms with Crippen molar-refractivity contribution < 1.29 is 37.6 Å². The molecule has 3 aromatic rings. The third-order valence-corrected chi connectivity index (χ3v) is 3.04. The first kappa shape index (κ1) is 19.8. The molecule has 0 spiro atoms. The van der Waals surface area contributed by atoms with E-state index >= 15 is 0 Å². The molecule has 0 aliphatic carbocycles. The van der Waals surface area contributed by atoms with Crippen molar-refractivity contribution in [2.45, 2.75) is 6.18 Å². The van der Waals surface area contributed by atoms with E-state index in [2.05, 4.69) is 4.98 Å². The van der Waals surface area contributed by atoms with Crippen molar-refractivity contribution in [1.29, 1.82) is 0 Å². The summed E-state index contributed by atoms with van der Waals surface area (Å²) in [5, 5.41) is 26.3. The van der Waals surface area contributed by atoms with Crippen LogP contribution in [0.15, 0.2) is 60.8 Å². The van der Waals surface area contributed by atoms with Gasteiger partial charge in [0.15, 0.2) is 5.82 Å². The minimum atomic E-state index is -4.66. The van der Waals surface area contributed by atoms with Crippen LogP contribution in [-0.2, 0) is 6.18 Å². The summed E-state index contributed by atoms with van der Waals surface area (Å²) in [4.78, 5) is 3.28. The zero-order valence-electron chi connectivity index (χ0n) is 13.5. The van der Waals surface area contributed by atoms with E-state index in [1.54, 1.807) is 0 Å². The fourth-order valence-corrected chi connectivity index (χ4v) is 1.73. The molecule has 0 fully saturated rings. The molecule has 3 N–H and O–H groups in total. The number of ether oxygens (including phenoxy) is 1. The van der Waals surface area contributed by atoms with Gasteiger partial charge in [-0.15, -0.1) is 0 Å². The Hall–Kier alpha value is -3.49. The first-order chi connectivity index (χ1) is 12.6. The van der Waals surface area contributed by atoms with Gasteiger partial charge < -0.3 is 20.1 Å². The number of phenolic OH excluding ortho intramolecular Hbond substituents is 3. The van der Waals surface area contributed by atoms with E-state index in [4.69, 9.17) is 20.1 Å². The molecule has 0 unspecified atom stereocenters. The van der Waals surface area contributed by atoms with Gasteiger partial charge in [-0.1, -0.05) is 0 Å². The molecule has 2 aromatic carbocycles. The van der Waals surface area contributed by atoms with Gasteiger partial charge in [0.05, 0.1) is 5.56 Å². The summed E-state index contributed by atoms with van der Waals surface area (Å²) in [6.45, 7) is 0. The highest BCUT2D eigenvalue weighted by Crippen LogP contribution is 2.32. The van der Waals surface area contributed by atoms with Crippen LogP contribution in [0.2, 0.25) is 0 Å². The fourth-order valence-electron chi connectivity index (χ4n) is 1.73. The number of halogens is 4. The topological polar surface area (TPSA) is 82.8 Å². The minimum absolute atomic E-state index is 0.0202. The molecule has 3 rings (SSSR count). The number of hydrogen-bond donors (Lipinski definition) is 3. The Labute approximate surface area is 150 Å². The minimum Gasteiger partial charge on any atom is -0.508 e. The van der Waals surface area contributed by atoms with E-state index in [1.165, 1.54) is 48.5 Å². The van der Waals surface area contributed by atoms with E-state index in [9.17, 15) is 17.6 Å². The number of benzene rings is 2. The maximum Gasteiger partial charge on any atom is 0.417 e. The quantitative estimate of drug-likeness (QED) is 0.436. The second kappa shape index (κ2) is 8.26. The molecule has 0 saturated carbocycles. The van der Waals surface area contributed by atoms with Crippen molar-refractivity contribution in [3.63, 3.8) is 0 Å². The lowest BCUT2D eigenvalue weighted by Gasteiger charge is -2.09. The Morgan fingerprint density at radius 1 is 0.778 bits per heavy atom. The van der Waals surface area contributed by atoms with Crippen LogP contribution >= 0.6 is 0 Å². The van der Waals surface area contributed by atoms with E-state index in [0.29, 0.717) is 12.3 Å². The van der Waals surface area contributed by atoms with Gasteiger partial charge in [0.25, 0.3) is 5.88 Å². The van der Waals surface area contributed by atoms with Crippen LogP contribution in [0.4, 0.5) is 17.6 Å². The third kappa shape index (κ3) is 6.07. The van der Waals surface area contributed by atoms with Crippen molar-refractivity contribution in [3.05, 3.63) is 72.2 Å². The maximum absolute atomic E-state index is 13.4. The zero-order chi connectivity index (χ0) is 20.0. The number of aromatic hydroxyl groups is 3. The molecule has 142 valence electrons. The van der Waals surface area contributed by atoms with E-state index in [-0.39, 0.29) is 23.0 Å². The molecule has 0 atom stereocenters. The normalized spacial score (nSPS) is 10.7. The summed E-state index contributed by atoms with van der Waals surface area (Å²) in [5.74, 6) is -1.33. The maximum atomic E-state index is 13.4. The van der Waals surface area contributed by atoms with Gasteiger partial charge in [-0.05, 0) is 54.6 Å². The van der Waals surface area contributed by atoms with Crippen LogP contribution in [0.25, 0.3) is 0 Å². The van der Waals surface area contributed by atoms with Gasteiger partial charge in [0.2, 0.25) is 0 Å². The molecule has 1 heterocycles. The van der Waals surface area contributed by atoms with Crippen LogP contribution < -0.4 is 4.74 Å². The number of pyridine rings is 1. The molecule has 27 heavy (non-hydrogen) atoms. The molecule has 0 radical (unpaired) electrons. The lowest BCUT2D eigenvalue weighted by molar-refractivity contribution is -0.138. The average Bonchev–Trinajstić information content (AvgIpc) is 2.61. The van der Waals surface area contributed by atoms with Gasteiger partial charge in [-0.25, -0.2) is 9.37 Å². The first-order valence-electron chi connectivity index (χ1n) is 7.33. The van der Waals surface area contributed by atoms with Gasteiger partial charge in [0, 0.05) is 6.20 Å². The van der Waals surface area contributed by atoms with Crippen LogP contribution in [0.3, 0.4) is 0 Å². The Balaban J connectivity index is 0.000000273. The van der Waals surface area contributed by atoms with Crippen molar-refractivity contribution in [2.75, 3.05) is 0 Å². The predicted molar refractivity (Wildman–Crippen MR) is 87.1 cm³/mol. The molecule has 0 aliphatic heterocycles. The first-order valence-corrected chi connectivity index (χ1v) is 7.33. The van der Waals surface area contributed by atoms with Crippen LogP contribution in [0, 0.1) is 5.82 Å². The number of rotatable bonds is 2. The SMILES string of the molecule is Oc1ccc(O)cc1.Oc1ccc(Oc2ncc(C(F)(F)F)cc2F)cc1. The molecule has 0 amide bonds. The van der Waals surface area contributed by atoms with Gasteiger partial charge >= 0.3 is 6.18 Å². The Bertz CT molecular complexity index is 860. The van der Waals surface area contributed by atoms with E-state index in [1.807, 2.05) is 0 Å². The van der Waals surface area contributed by atoms with E-state index in [0.717, 1.165) is 0 Å². The molecule has 1 aromatic heterocycles. The van der Waals surface area contributed by atoms with Crippen molar-refractivity contribution >= 4 is 0 Å². The smallest absolute Gasteiger partial charge is 0.417 e. The summed E-state index contributed by atoms with van der Waals surface area (Å²) in [5.41, 5.74) is -1.19. The summed E-state index contributed by atoms with van der Waals surface area (Å²) < 4.78 is 55.3. The number of phenols is 3. The summed E-state index contributed by atoms with van der Waals surface area (Å²) in [6.07, 6.45) is -4.18. The third-order valence-electron chi connectivity index (χ3n) is 3.04. The second-order valence-corrected chi connectivity index (χ2v) is 5.12.